The van der Waals surface area contributed by atoms with Gasteiger partial charge in [-0.15, -0.1) is 0 Å². The minimum Gasteiger partial charge on any atom is -0.329 e. The molecule has 1 saturated heterocycles. The average molecular weight is 491 g/mol. The van der Waals surface area contributed by atoms with Gasteiger partial charge in [-0.05, 0) is 57.1 Å². The van der Waals surface area contributed by atoms with Crippen LogP contribution in [-0.4, -0.2) is 50.7 Å². The number of carbonyl (C=O) groups is 1. The predicted octanol–water partition coefficient (Wildman–Crippen LogP) is 4.26. The molecule has 9 nitrogen and oxygen atoms in total. The van der Waals surface area contributed by atoms with E-state index in [0.717, 1.165) is 48.6 Å². The van der Waals surface area contributed by atoms with Crippen molar-refractivity contribution in [2.75, 3.05) is 28.7 Å². The van der Waals surface area contributed by atoms with Crippen molar-refractivity contribution in [2.45, 2.75) is 69.7 Å². The Bertz CT molecular complexity index is 1250. The fourth-order valence-corrected chi connectivity index (χ4v) is 5.80. The van der Waals surface area contributed by atoms with E-state index in [4.69, 9.17) is 9.97 Å². The van der Waals surface area contributed by atoms with Gasteiger partial charge in [0.2, 0.25) is 17.8 Å². The summed E-state index contributed by atoms with van der Waals surface area (Å²) in [6.45, 7) is 0.707. The van der Waals surface area contributed by atoms with Crippen LogP contribution in [-0.2, 0) is 17.6 Å². The van der Waals surface area contributed by atoms with Gasteiger partial charge in [-0.3, -0.25) is 9.89 Å². The zero-order valence-corrected chi connectivity index (χ0v) is 20.5. The molecular formula is C26H31FN8O. The lowest BCUT2D eigenvalue weighted by atomic mass is 10.0. The van der Waals surface area contributed by atoms with Crippen LogP contribution in [0.4, 0.5) is 27.7 Å². The van der Waals surface area contributed by atoms with Gasteiger partial charge in [0, 0.05) is 36.8 Å². The average Bonchev–Trinajstić information content (AvgIpc) is 3.69. The Hall–Kier alpha value is -3.56. The molecule has 1 saturated carbocycles. The van der Waals surface area contributed by atoms with Crippen molar-refractivity contribution in [3.8, 4) is 0 Å². The summed E-state index contributed by atoms with van der Waals surface area (Å²) < 4.78 is 13.3. The minimum atomic E-state index is -0.569. The van der Waals surface area contributed by atoms with E-state index in [1.165, 1.54) is 48.5 Å². The first-order valence-electron chi connectivity index (χ1n) is 12.9. The van der Waals surface area contributed by atoms with Gasteiger partial charge in [0.1, 0.15) is 11.9 Å². The van der Waals surface area contributed by atoms with Crippen molar-refractivity contribution in [2.24, 2.45) is 0 Å². The molecule has 1 aliphatic heterocycles. The Kier molecular flexibility index (Phi) is 6.02. The zero-order valence-electron chi connectivity index (χ0n) is 20.5. The topological polar surface area (TPSA) is 103 Å². The maximum absolute atomic E-state index is 13.4. The molecule has 10 heteroatoms. The Morgan fingerprint density at radius 2 is 2.00 bits per heavy atom. The van der Waals surface area contributed by atoms with Crippen LogP contribution < -0.4 is 15.1 Å². The maximum Gasteiger partial charge on any atom is 0.249 e. The van der Waals surface area contributed by atoms with E-state index in [-0.39, 0.29) is 11.9 Å². The molecule has 1 atom stereocenters. The summed E-state index contributed by atoms with van der Waals surface area (Å²) in [6.07, 6.45) is 10.8. The van der Waals surface area contributed by atoms with Crippen LogP contribution in [0.25, 0.3) is 0 Å². The van der Waals surface area contributed by atoms with E-state index in [0.29, 0.717) is 30.5 Å². The number of likely N-dealkylation sites (N-methyl/N-ethyl adjacent to an activating group) is 1. The molecule has 188 valence electrons. The van der Waals surface area contributed by atoms with Gasteiger partial charge in [-0.25, -0.2) is 9.97 Å². The lowest BCUT2D eigenvalue weighted by Crippen LogP contribution is -2.45. The van der Waals surface area contributed by atoms with E-state index in [9.17, 15) is 9.18 Å². The number of amides is 1. The highest BCUT2D eigenvalue weighted by atomic mass is 19.1. The number of aromatic nitrogens is 5. The second kappa shape index (κ2) is 9.48. The first-order valence-corrected chi connectivity index (χ1v) is 12.9. The number of aromatic amines is 1. The highest BCUT2D eigenvalue weighted by Crippen LogP contribution is 2.36. The molecule has 0 radical (unpaired) electrons. The maximum atomic E-state index is 13.4. The highest BCUT2D eigenvalue weighted by Gasteiger charge is 2.36. The van der Waals surface area contributed by atoms with Crippen molar-refractivity contribution in [3.05, 3.63) is 47.3 Å². The second-order valence-corrected chi connectivity index (χ2v) is 10.1. The molecule has 4 heterocycles. The minimum absolute atomic E-state index is 0.0759. The van der Waals surface area contributed by atoms with E-state index >= 15 is 0 Å². The standard InChI is InChI=1S/C26H31FN8O/c1-34(17-11-12-22(27)28-15-17)25(36)21-10-5-13-35(21)26-29-19-9-4-8-18(19)24(31-26)30-23-14-20(32-33-23)16-6-2-3-7-16/h11-12,14-16,21H,2-10,13H2,1H3,(H2,29,30,31,32,33)/t21-/m1/s1. The molecule has 2 N–H and O–H groups in total. The molecule has 2 fully saturated rings. The second-order valence-electron chi connectivity index (χ2n) is 10.1. The fraction of sp³-hybridized carbons (Fsp3) is 0.500. The number of carbonyl (C=O) groups excluding carboxylic acids is 1. The summed E-state index contributed by atoms with van der Waals surface area (Å²) in [7, 11) is 1.70. The van der Waals surface area contributed by atoms with E-state index < -0.39 is 5.95 Å². The van der Waals surface area contributed by atoms with Crippen LogP contribution in [0.5, 0.6) is 0 Å². The number of nitrogens with zero attached hydrogens (tertiary/aromatic N) is 6. The molecule has 3 aromatic heterocycles. The first kappa shape index (κ1) is 22.9. The summed E-state index contributed by atoms with van der Waals surface area (Å²) in [5.41, 5.74) is 3.93. The molecule has 3 aliphatic rings. The quantitative estimate of drug-likeness (QED) is 0.498. The number of nitrogens with one attached hydrogen (secondary N) is 2. The van der Waals surface area contributed by atoms with Crippen LogP contribution >= 0.6 is 0 Å². The predicted molar refractivity (Wildman–Crippen MR) is 135 cm³/mol. The van der Waals surface area contributed by atoms with Crippen LogP contribution in [0.15, 0.2) is 24.4 Å². The third-order valence-electron chi connectivity index (χ3n) is 7.78. The van der Waals surface area contributed by atoms with Gasteiger partial charge in [0.15, 0.2) is 5.82 Å². The number of fused-ring (bicyclic) bond motifs is 1. The molecule has 6 rings (SSSR count). The SMILES string of the molecule is CN(C(=O)[C@H]1CCCN1c1nc2c(c(Nc3cc(C4CCCC4)[nH]n3)n1)CCC2)c1ccc(F)nc1. The Balaban J connectivity index is 1.26. The summed E-state index contributed by atoms with van der Waals surface area (Å²) in [5.74, 6) is 2.05. The smallest absolute Gasteiger partial charge is 0.249 e. The lowest BCUT2D eigenvalue weighted by Gasteiger charge is -2.28. The summed E-state index contributed by atoms with van der Waals surface area (Å²) in [4.78, 5) is 30.5. The first-order chi connectivity index (χ1) is 17.6. The molecule has 1 amide bonds. The molecule has 0 spiro atoms. The number of hydrogen-bond acceptors (Lipinski definition) is 7. The third-order valence-corrected chi connectivity index (χ3v) is 7.78. The normalized spacial score (nSPS) is 19.6. The molecule has 0 bridgehead atoms. The van der Waals surface area contributed by atoms with Crippen molar-refractivity contribution < 1.29 is 9.18 Å². The van der Waals surface area contributed by atoms with E-state index in [1.54, 1.807) is 13.1 Å². The van der Waals surface area contributed by atoms with Gasteiger partial charge in [0.05, 0.1) is 17.6 Å². The Morgan fingerprint density at radius 3 is 2.81 bits per heavy atom. The van der Waals surface area contributed by atoms with Gasteiger partial charge in [-0.2, -0.15) is 14.5 Å². The number of hydrogen-bond donors (Lipinski definition) is 2. The monoisotopic (exact) mass is 490 g/mol. The molecule has 3 aromatic rings. The molecule has 36 heavy (non-hydrogen) atoms. The summed E-state index contributed by atoms with van der Waals surface area (Å²) in [6, 6.07) is 4.55. The highest BCUT2D eigenvalue weighted by molar-refractivity contribution is 5.98. The lowest BCUT2D eigenvalue weighted by molar-refractivity contribution is -0.119. The molecule has 0 unspecified atom stereocenters. The number of halogens is 1. The summed E-state index contributed by atoms with van der Waals surface area (Å²) in [5, 5.41) is 11.2. The van der Waals surface area contributed by atoms with Crippen molar-refractivity contribution in [1.29, 1.82) is 0 Å². The van der Waals surface area contributed by atoms with Crippen LogP contribution in [0.1, 0.15) is 67.8 Å². The van der Waals surface area contributed by atoms with Crippen LogP contribution in [0, 0.1) is 5.95 Å². The number of H-pyrrole nitrogens is 1. The number of pyridine rings is 1. The van der Waals surface area contributed by atoms with Gasteiger partial charge < -0.3 is 15.1 Å². The van der Waals surface area contributed by atoms with Crippen molar-refractivity contribution >= 4 is 29.2 Å². The Labute approximate surface area is 209 Å². The van der Waals surface area contributed by atoms with Gasteiger partial charge in [0.25, 0.3) is 0 Å². The Morgan fingerprint density at radius 1 is 1.14 bits per heavy atom. The summed E-state index contributed by atoms with van der Waals surface area (Å²) >= 11 is 0. The fourth-order valence-electron chi connectivity index (χ4n) is 5.80. The van der Waals surface area contributed by atoms with Crippen LogP contribution in [0.2, 0.25) is 0 Å². The number of rotatable bonds is 6. The van der Waals surface area contributed by atoms with Gasteiger partial charge in [-0.1, -0.05) is 12.8 Å². The van der Waals surface area contributed by atoms with Crippen molar-refractivity contribution in [1.82, 2.24) is 25.1 Å². The van der Waals surface area contributed by atoms with Crippen molar-refractivity contribution in [3.63, 3.8) is 0 Å². The number of anilines is 4. The molecule has 2 aliphatic carbocycles. The zero-order chi connectivity index (χ0) is 24.6. The van der Waals surface area contributed by atoms with E-state index in [1.807, 2.05) is 4.90 Å². The van der Waals surface area contributed by atoms with E-state index in [2.05, 4.69) is 26.6 Å². The molecular weight excluding hydrogens is 459 g/mol. The van der Waals surface area contributed by atoms with Crippen LogP contribution in [0.3, 0.4) is 0 Å². The molecule has 0 aromatic carbocycles. The third kappa shape index (κ3) is 4.29. The number of aryl methyl sites for hydroxylation is 1. The largest absolute Gasteiger partial charge is 0.329 e. The van der Waals surface area contributed by atoms with Gasteiger partial charge >= 0.3 is 0 Å².